The first-order chi connectivity index (χ1) is 17.5. The summed E-state index contributed by atoms with van der Waals surface area (Å²) >= 11 is 12.2. The quantitative estimate of drug-likeness (QED) is 0.394. The van der Waals surface area contributed by atoms with E-state index in [0.29, 0.717) is 26.7 Å². The highest BCUT2D eigenvalue weighted by Gasteiger charge is 2.33. The van der Waals surface area contributed by atoms with Crippen molar-refractivity contribution in [3.05, 3.63) is 105 Å². The van der Waals surface area contributed by atoms with Gasteiger partial charge in [0.2, 0.25) is 21.8 Å². The van der Waals surface area contributed by atoms with Gasteiger partial charge in [0.15, 0.2) is 0 Å². The topological polar surface area (TPSA) is 86.8 Å². The maximum atomic E-state index is 13.6. The van der Waals surface area contributed by atoms with E-state index in [1.807, 2.05) is 0 Å². The highest BCUT2D eigenvalue weighted by atomic mass is 35.5. The van der Waals surface area contributed by atoms with E-state index in [1.165, 1.54) is 36.2 Å². The van der Waals surface area contributed by atoms with E-state index >= 15 is 0 Å². The summed E-state index contributed by atoms with van der Waals surface area (Å²) in [7, 11) is -2.38. The number of likely N-dealkylation sites (N-methyl/N-ethyl adjacent to an activating group) is 1. The van der Waals surface area contributed by atoms with Crippen LogP contribution in [0, 0.1) is 5.82 Å². The molecule has 196 valence electrons. The molecule has 0 saturated heterocycles. The Balaban J connectivity index is 1.98. The molecule has 2 amide bonds. The predicted octanol–water partition coefficient (Wildman–Crippen LogP) is 4.41. The molecule has 0 fully saturated rings. The molecule has 0 radical (unpaired) electrons. The van der Waals surface area contributed by atoms with Crippen LogP contribution in [0.25, 0.3) is 0 Å². The molecule has 7 nitrogen and oxygen atoms in total. The Hall–Kier alpha value is -2.98. The zero-order chi connectivity index (χ0) is 27.2. The number of sulfonamides is 1. The van der Waals surface area contributed by atoms with Crippen LogP contribution in [0.3, 0.4) is 0 Å². The van der Waals surface area contributed by atoms with Gasteiger partial charge in [-0.3, -0.25) is 9.59 Å². The average Bonchev–Trinajstić information content (AvgIpc) is 2.84. The minimum atomic E-state index is -3.66. The van der Waals surface area contributed by atoms with Gasteiger partial charge in [-0.25, -0.2) is 12.8 Å². The zero-order valence-corrected chi connectivity index (χ0v) is 22.5. The minimum Gasteiger partial charge on any atom is -0.350 e. The summed E-state index contributed by atoms with van der Waals surface area (Å²) < 4.78 is 38.4. The maximum absolute atomic E-state index is 13.6. The number of nitrogens with zero attached hydrogens (tertiary/aromatic N) is 2. The Labute approximate surface area is 225 Å². The van der Waals surface area contributed by atoms with Crippen molar-refractivity contribution in [3.63, 3.8) is 0 Å². The molecule has 11 heteroatoms. The number of hydrogen-bond donors (Lipinski definition) is 1. The van der Waals surface area contributed by atoms with Crippen molar-refractivity contribution in [2.75, 3.05) is 19.8 Å². The van der Waals surface area contributed by atoms with Crippen LogP contribution < -0.4 is 5.32 Å². The Morgan fingerprint density at radius 2 is 1.65 bits per heavy atom. The maximum Gasteiger partial charge on any atom is 0.247 e. The van der Waals surface area contributed by atoms with Crippen molar-refractivity contribution in [3.8, 4) is 0 Å². The molecule has 0 spiro atoms. The number of halogens is 3. The summed E-state index contributed by atoms with van der Waals surface area (Å²) in [6.07, 6.45) is 0.988. The fourth-order valence-electron chi connectivity index (χ4n) is 3.56. The Morgan fingerprint density at radius 1 is 1.00 bits per heavy atom. The first kappa shape index (κ1) is 28.6. The molecule has 3 aromatic rings. The molecule has 0 bridgehead atoms. The molecule has 37 heavy (non-hydrogen) atoms. The van der Waals surface area contributed by atoms with Gasteiger partial charge in [-0.05, 0) is 41.0 Å². The van der Waals surface area contributed by atoms with Crippen LogP contribution in [0.5, 0.6) is 0 Å². The van der Waals surface area contributed by atoms with Gasteiger partial charge in [0.05, 0.1) is 12.8 Å². The van der Waals surface area contributed by atoms with Gasteiger partial charge in [0.25, 0.3) is 0 Å². The zero-order valence-electron chi connectivity index (χ0n) is 20.2. The second kappa shape index (κ2) is 12.5. The van der Waals surface area contributed by atoms with Crippen LogP contribution in [-0.2, 0) is 32.7 Å². The average molecular weight is 566 g/mol. The Kier molecular flexibility index (Phi) is 9.67. The van der Waals surface area contributed by atoms with Crippen LogP contribution in [-0.4, -0.2) is 49.3 Å². The first-order valence-corrected chi connectivity index (χ1v) is 13.8. The lowest BCUT2D eigenvalue weighted by Crippen LogP contribution is -2.47. The number of amides is 2. The third-order valence-corrected chi connectivity index (χ3v) is 7.50. The van der Waals surface area contributed by atoms with E-state index in [4.69, 9.17) is 23.2 Å². The van der Waals surface area contributed by atoms with E-state index in [1.54, 1.807) is 48.5 Å². The number of nitrogens with one attached hydrogen (secondary N) is 1. The van der Waals surface area contributed by atoms with Crippen molar-refractivity contribution in [1.82, 2.24) is 14.5 Å². The van der Waals surface area contributed by atoms with Gasteiger partial charge < -0.3 is 10.2 Å². The van der Waals surface area contributed by atoms with Gasteiger partial charge in [0, 0.05) is 30.2 Å². The molecule has 1 atom stereocenters. The van der Waals surface area contributed by atoms with Gasteiger partial charge in [0.1, 0.15) is 11.9 Å². The third-order valence-electron chi connectivity index (χ3n) is 5.65. The lowest BCUT2D eigenvalue weighted by Gasteiger charge is -2.32. The summed E-state index contributed by atoms with van der Waals surface area (Å²) in [5, 5.41) is 3.64. The molecule has 0 aromatic heterocycles. The van der Waals surface area contributed by atoms with Gasteiger partial charge in [-0.1, -0.05) is 71.7 Å². The second-order valence-corrected chi connectivity index (χ2v) is 11.4. The molecule has 0 heterocycles. The number of benzene rings is 3. The van der Waals surface area contributed by atoms with Crippen LogP contribution in [0.4, 0.5) is 4.39 Å². The molecule has 1 N–H and O–H groups in total. The van der Waals surface area contributed by atoms with E-state index in [9.17, 15) is 22.4 Å². The van der Waals surface area contributed by atoms with Crippen molar-refractivity contribution in [2.24, 2.45) is 0 Å². The Morgan fingerprint density at radius 3 is 2.24 bits per heavy atom. The SMILES string of the molecule is CN(CC(=O)N(Cc1ccc(F)cc1)[C@@H](C(=O)NCc1ccc(Cl)cc1Cl)c1ccccc1)S(C)(=O)=O. The highest BCUT2D eigenvalue weighted by Crippen LogP contribution is 2.26. The normalized spacial score (nSPS) is 12.3. The van der Waals surface area contributed by atoms with Crippen LogP contribution in [0.15, 0.2) is 72.8 Å². The summed E-state index contributed by atoms with van der Waals surface area (Å²) in [6, 6.07) is 17.9. The summed E-state index contributed by atoms with van der Waals surface area (Å²) in [6.45, 7) is -0.481. The lowest BCUT2D eigenvalue weighted by atomic mass is 10.0. The Bertz CT molecular complexity index is 1360. The standard InChI is InChI=1S/C26H26Cl2FN3O4S/c1-31(37(2,35)36)17-24(33)32(16-18-8-12-22(29)13-9-18)25(19-6-4-3-5-7-19)26(34)30-15-20-10-11-21(27)14-23(20)28/h3-14,25H,15-17H2,1-2H3,(H,30,34)/t25-/m1/s1. The van der Waals surface area contributed by atoms with Crippen LogP contribution in [0.2, 0.25) is 10.0 Å². The molecule has 0 unspecified atom stereocenters. The molecular formula is C26H26Cl2FN3O4S. The summed E-state index contributed by atoms with van der Waals surface area (Å²) in [4.78, 5) is 28.4. The predicted molar refractivity (Wildman–Crippen MR) is 142 cm³/mol. The van der Waals surface area contributed by atoms with E-state index < -0.39 is 40.2 Å². The van der Waals surface area contributed by atoms with E-state index in [0.717, 1.165) is 10.6 Å². The molecule has 0 aliphatic rings. The van der Waals surface area contributed by atoms with E-state index in [-0.39, 0.29) is 13.1 Å². The van der Waals surface area contributed by atoms with E-state index in [2.05, 4.69) is 5.32 Å². The van der Waals surface area contributed by atoms with Crippen molar-refractivity contribution >= 4 is 45.0 Å². The highest BCUT2D eigenvalue weighted by molar-refractivity contribution is 7.88. The first-order valence-electron chi connectivity index (χ1n) is 11.2. The lowest BCUT2D eigenvalue weighted by molar-refractivity contribution is -0.141. The van der Waals surface area contributed by atoms with Crippen LogP contribution >= 0.6 is 23.2 Å². The molecule has 0 aliphatic carbocycles. The van der Waals surface area contributed by atoms with Crippen LogP contribution in [0.1, 0.15) is 22.7 Å². The second-order valence-electron chi connectivity index (χ2n) is 8.43. The fourth-order valence-corrected chi connectivity index (χ4v) is 4.38. The molecule has 0 saturated carbocycles. The van der Waals surface area contributed by atoms with Gasteiger partial charge in [-0.15, -0.1) is 0 Å². The van der Waals surface area contributed by atoms with Crippen molar-refractivity contribution < 1.29 is 22.4 Å². The number of carbonyl (C=O) groups is 2. The summed E-state index contributed by atoms with van der Waals surface area (Å²) in [5.41, 5.74) is 1.70. The molecule has 3 aromatic carbocycles. The minimum absolute atomic E-state index is 0.0641. The third kappa shape index (κ3) is 8.00. The smallest absolute Gasteiger partial charge is 0.247 e. The summed E-state index contributed by atoms with van der Waals surface area (Å²) in [5.74, 6) is -1.56. The fraction of sp³-hybridized carbons (Fsp3) is 0.231. The molecular weight excluding hydrogens is 540 g/mol. The number of rotatable bonds is 10. The van der Waals surface area contributed by atoms with Gasteiger partial charge >= 0.3 is 0 Å². The van der Waals surface area contributed by atoms with Crippen molar-refractivity contribution in [2.45, 2.75) is 19.1 Å². The van der Waals surface area contributed by atoms with Crippen molar-refractivity contribution in [1.29, 1.82) is 0 Å². The number of hydrogen-bond acceptors (Lipinski definition) is 4. The molecule has 3 rings (SSSR count). The largest absolute Gasteiger partial charge is 0.350 e. The number of carbonyl (C=O) groups excluding carboxylic acids is 2. The monoisotopic (exact) mass is 565 g/mol. The molecule has 0 aliphatic heterocycles. The van der Waals surface area contributed by atoms with Gasteiger partial charge in [-0.2, -0.15) is 4.31 Å².